The highest BCUT2D eigenvalue weighted by molar-refractivity contribution is 5.44. The fourth-order valence-electron chi connectivity index (χ4n) is 2.34. The summed E-state index contributed by atoms with van der Waals surface area (Å²) in [6.45, 7) is 3.93. The van der Waals surface area contributed by atoms with E-state index in [1.165, 1.54) is 0 Å². The number of hydrogen-bond donors (Lipinski definition) is 1. The molecule has 2 aromatic heterocycles. The topological polar surface area (TPSA) is 52.0 Å². The molecule has 1 saturated heterocycles. The summed E-state index contributed by atoms with van der Waals surface area (Å²) < 4.78 is 7.16. The molecule has 0 amide bonds. The van der Waals surface area contributed by atoms with E-state index in [1.54, 1.807) is 10.9 Å². The van der Waals surface area contributed by atoms with Crippen LogP contribution in [0, 0.1) is 5.92 Å². The van der Waals surface area contributed by atoms with Gasteiger partial charge in [-0.1, -0.05) is 0 Å². The maximum Gasteiger partial charge on any atom is 0.153 e. The maximum atomic E-state index is 5.42. The van der Waals surface area contributed by atoms with Crippen molar-refractivity contribution in [2.45, 2.75) is 19.4 Å². The Morgan fingerprint density at radius 2 is 2.42 bits per heavy atom. The molecule has 1 aliphatic heterocycles. The first-order valence-electron chi connectivity index (χ1n) is 6.63. The summed E-state index contributed by atoms with van der Waals surface area (Å²) in [4.78, 5) is 4.41. The zero-order valence-corrected chi connectivity index (χ0v) is 11.0. The van der Waals surface area contributed by atoms with Gasteiger partial charge in [0.1, 0.15) is 0 Å². The minimum atomic E-state index is 0.403. The van der Waals surface area contributed by atoms with Gasteiger partial charge in [0.05, 0.1) is 18.5 Å². The van der Waals surface area contributed by atoms with Crippen LogP contribution < -0.4 is 5.32 Å². The molecule has 19 heavy (non-hydrogen) atoms. The van der Waals surface area contributed by atoms with Crippen LogP contribution in [0.2, 0.25) is 0 Å². The van der Waals surface area contributed by atoms with Crippen molar-refractivity contribution in [2.24, 2.45) is 5.92 Å². The summed E-state index contributed by atoms with van der Waals surface area (Å²) in [5, 5.41) is 7.64. The van der Waals surface area contributed by atoms with E-state index in [-0.39, 0.29) is 0 Å². The maximum absolute atomic E-state index is 5.42. The van der Waals surface area contributed by atoms with E-state index in [0.29, 0.717) is 12.0 Å². The third-order valence-electron chi connectivity index (χ3n) is 3.55. The number of rotatable bonds is 4. The Kier molecular flexibility index (Phi) is 3.46. The number of nitrogens with one attached hydrogen (secondary N) is 1. The number of ether oxygens (including phenoxy) is 1. The zero-order chi connectivity index (χ0) is 13.1. The zero-order valence-electron chi connectivity index (χ0n) is 11.0. The Morgan fingerprint density at radius 1 is 1.47 bits per heavy atom. The van der Waals surface area contributed by atoms with Crippen molar-refractivity contribution in [3.8, 4) is 5.82 Å². The van der Waals surface area contributed by atoms with Crippen LogP contribution in [0.1, 0.15) is 13.3 Å². The van der Waals surface area contributed by atoms with E-state index < -0.39 is 0 Å². The van der Waals surface area contributed by atoms with Gasteiger partial charge in [-0.3, -0.25) is 0 Å². The molecule has 2 unspecified atom stereocenters. The number of hydrogen-bond acceptors (Lipinski definition) is 4. The lowest BCUT2D eigenvalue weighted by Crippen LogP contribution is -2.26. The molecule has 3 heterocycles. The lowest BCUT2D eigenvalue weighted by Gasteiger charge is -2.20. The SMILES string of the molecule is CC(Nc1ccc(-n2cccn2)nc1)C1CCOC1. The first-order valence-corrected chi connectivity index (χ1v) is 6.63. The highest BCUT2D eigenvalue weighted by atomic mass is 16.5. The van der Waals surface area contributed by atoms with Crippen molar-refractivity contribution < 1.29 is 4.74 Å². The standard InChI is InChI=1S/C14H18N4O/c1-11(12-5-8-19-10-12)17-13-3-4-14(15-9-13)18-7-2-6-16-18/h2-4,6-7,9,11-12,17H,5,8,10H2,1H3. The second kappa shape index (κ2) is 5.40. The van der Waals surface area contributed by atoms with Crippen LogP contribution in [-0.4, -0.2) is 34.0 Å². The molecule has 5 heteroatoms. The van der Waals surface area contributed by atoms with Crippen molar-refractivity contribution in [1.82, 2.24) is 14.8 Å². The van der Waals surface area contributed by atoms with E-state index in [4.69, 9.17) is 4.74 Å². The molecule has 1 fully saturated rings. The van der Waals surface area contributed by atoms with E-state index in [1.807, 2.05) is 30.6 Å². The second-order valence-electron chi connectivity index (χ2n) is 4.91. The Balaban J connectivity index is 1.65. The number of anilines is 1. The van der Waals surface area contributed by atoms with Crippen LogP contribution >= 0.6 is 0 Å². The number of aromatic nitrogens is 3. The molecule has 2 aromatic rings. The average molecular weight is 258 g/mol. The van der Waals surface area contributed by atoms with Gasteiger partial charge < -0.3 is 10.1 Å². The Morgan fingerprint density at radius 3 is 3.05 bits per heavy atom. The molecular weight excluding hydrogens is 240 g/mol. The summed E-state index contributed by atoms with van der Waals surface area (Å²) in [5.74, 6) is 1.41. The van der Waals surface area contributed by atoms with Crippen LogP contribution in [0.3, 0.4) is 0 Å². The van der Waals surface area contributed by atoms with Gasteiger partial charge in [0.15, 0.2) is 5.82 Å². The normalized spacial score (nSPS) is 20.4. The molecule has 0 aromatic carbocycles. The third kappa shape index (κ3) is 2.76. The number of pyridine rings is 1. The molecule has 0 bridgehead atoms. The minimum Gasteiger partial charge on any atom is -0.381 e. The summed E-state index contributed by atoms with van der Waals surface area (Å²) in [6.07, 6.45) is 6.61. The predicted octanol–water partition coefficient (Wildman–Crippen LogP) is 2.10. The van der Waals surface area contributed by atoms with E-state index in [0.717, 1.165) is 31.1 Å². The molecular formula is C14H18N4O. The van der Waals surface area contributed by atoms with Gasteiger partial charge in [0, 0.05) is 31.0 Å². The molecule has 100 valence electrons. The van der Waals surface area contributed by atoms with Gasteiger partial charge in [-0.05, 0) is 31.5 Å². The van der Waals surface area contributed by atoms with Gasteiger partial charge in [-0.2, -0.15) is 5.10 Å². The lowest BCUT2D eigenvalue weighted by molar-refractivity contribution is 0.183. The molecule has 0 aliphatic carbocycles. The summed E-state index contributed by atoms with van der Waals surface area (Å²) >= 11 is 0. The van der Waals surface area contributed by atoms with Crippen molar-refractivity contribution in [3.63, 3.8) is 0 Å². The van der Waals surface area contributed by atoms with E-state index in [9.17, 15) is 0 Å². The van der Waals surface area contributed by atoms with Gasteiger partial charge >= 0.3 is 0 Å². The molecule has 3 rings (SSSR count). The van der Waals surface area contributed by atoms with Crippen molar-refractivity contribution in [3.05, 3.63) is 36.8 Å². The Labute approximate surface area is 112 Å². The Hall–Kier alpha value is -1.88. The highest BCUT2D eigenvalue weighted by Gasteiger charge is 2.22. The van der Waals surface area contributed by atoms with Crippen LogP contribution in [0.25, 0.3) is 5.82 Å². The first kappa shape index (κ1) is 12.2. The van der Waals surface area contributed by atoms with Gasteiger partial charge in [-0.15, -0.1) is 0 Å². The van der Waals surface area contributed by atoms with E-state index in [2.05, 4.69) is 22.3 Å². The monoisotopic (exact) mass is 258 g/mol. The summed E-state index contributed by atoms with van der Waals surface area (Å²) in [7, 11) is 0. The van der Waals surface area contributed by atoms with Crippen LogP contribution in [0.4, 0.5) is 5.69 Å². The van der Waals surface area contributed by atoms with Gasteiger partial charge in [-0.25, -0.2) is 9.67 Å². The minimum absolute atomic E-state index is 0.403. The summed E-state index contributed by atoms with van der Waals surface area (Å²) in [6, 6.07) is 6.29. The molecule has 0 spiro atoms. The fourth-order valence-corrected chi connectivity index (χ4v) is 2.34. The van der Waals surface area contributed by atoms with Gasteiger partial charge in [0.2, 0.25) is 0 Å². The van der Waals surface area contributed by atoms with Crippen LogP contribution in [0.5, 0.6) is 0 Å². The van der Waals surface area contributed by atoms with Crippen molar-refractivity contribution in [1.29, 1.82) is 0 Å². The fraction of sp³-hybridized carbons (Fsp3) is 0.429. The average Bonchev–Trinajstić information content (AvgIpc) is 3.13. The quantitative estimate of drug-likeness (QED) is 0.912. The van der Waals surface area contributed by atoms with Gasteiger partial charge in [0.25, 0.3) is 0 Å². The first-order chi connectivity index (χ1) is 9.33. The highest BCUT2D eigenvalue weighted by Crippen LogP contribution is 2.20. The lowest BCUT2D eigenvalue weighted by atomic mass is 10.0. The smallest absolute Gasteiger partial charge is 0.153 e. The summed E-state index contributed by atoms with van der Waals surface area (Å²) in [5.41, 5.74) is 1.04. The molecule has 0 radical (unpaired) electrons. The van der Waals surface area contributed by atoms with Crippen molar-refractivity contribution in [2.75, 3.05) is 18.5 Å². The number of nitrogens with zero attached hydrogens (tertiary/aromatic N) is 3. The molecule has 0 saturated carbocycles. The second-order valence-corrected chi connectivity index (χ2v) is 4.91. The molecule has 1 N–H and O–H groups in total. The predicted molar refractivity (Wildman–Crippen MR) is 73.4 cm³/mol. The van der Waals surface area contributed by atoms with E-state index >= 15 is 0 Å². The molecule has 1 aliphatic rings. The molecule has 5 nitrogen and oxygen atoms in total. The molecule has 2 atom stereocenters. The third-order valence-corrected chi connectivity index (χ3v) is 3.55. The van der Waals surface area contributed by atoms with Crippen LogP contribution in [-0.2, 0) is 4.74 Å². The Bertz CT molecular complexity index is 503. The van der Waals surface area contributed by atoms with Crippen LogP contribution in [0.15, 0.2) is 36.8 Å². The van der Waals surface area contributed by atoms with Crippen molar-refractivity contribution >= 4 is 5.69 Å². The largest absolute Gasteiger partial charge is 0.381 e.